The Hall–Kier alpha value is -1.49. The number of aliphatic hydroxyl groups is 1. The molecule has 1 aromatic heterocycles. The summed E-state index contributed by atoms with van der Waals surface area (Å²) in [6.45, 7) is 1.96. The van der Waals surface area contributed by atoms with Crippen molar-refractivity contribution in [1.82, 2.24) is 15.3 Å². The van der Waals surface area contributed by atoms with E-state index in [1.54, 1.807) is 6.20 Å². The third-order valence-corrected chi connectivity index (χ3v) is 3.22. The molecule has 1 aliphatic rings. The predicted octanol–water partition coefficient (Wildman–Crippen LogP) is 0.676. The van der Waals surface area contributed by atoms with E-state index in [2.05, 4.69) is 15.3 Å². The Bertz CT molecular complexity index is 391. The number of hydrogen-bond acceptors (Lipinski definition) is 4. The summed E-state index contributed by atoms with van der Waals surface area (Å²) in [4.78, 5) is 20.0. The van der Waals surface area contributed by atoms with Crippen molar-refractivity contribution >= 4 is 5.91 Å². The van der Waals surface area contributed by atoms with Crippen LogP contribution in [0.3, 0.4) is 0 Å². The monoisotopic (exact) mass is 235 g/mol. The Morgan fingerprint density at radius 1 is 1.47 bits per heavy atom. The van der Waals surface area contributed by atoms with Crippen LogP contribution in [0.4, 0.5) is 0 Å². The van der Waals surface area contributed by atoms with Crippen LogP contribution >= 0.6 is 0 Å². The summed E-state index contributed by atoms with van der Waals surface area (Å²) in [7, 11) is 0. The fraction of sp³-hybridized carbons (Fsp3) is 0.583. The van der Waals surface area contributed by atoms with E-state index < -0.39 is 0 Å². The lowest BCUT2D eigenvalue weighted by Crippen LogP contribution is -2.38. The number of rotatable bonds is 3. The normalized spacial score (nSPS) is 23.6. The first kappa shape index (κ1) is 12.0. The van der Waals surface area contributed by atoms with Crippen LogP contribution in [0, 0.1) is 12.8 Å². The maximum atomic E-state index is 11.9. The molecule has 0 radical (unpaired) electrons. The molecule has 1 saturated carbocycles. The molecule has 2 N–H and O–H groups in total. The molecule has 0 aromatic carbocycles. The maximum Gasteiger partial charge on any atom is 0.271 e. The Morgan fingerprint density at radius 3 is 2.94 bits per heavy atom. The minimum absolute atomic E-state index is 0.0654. The van der Waals surface area contributed by atoms with Crippen molar-refractivity contribution < 1.29 is 9.90 Å². The van der Waals surface area contributed by atoms with Gasteiger partial charge < -0.3 is 10.4 Å². The number of carbonyl (C=O) groups is 1. The molecule has 2 rings (SSSR count). The minimum Gasteiger partial charge on any atom is -0.396 e. The van der Waals surface area contributed by atoms with Crippen LogP contribution in [-0.2, 0) is 0 Å². The van der Waals surface area contributed by atoms with E-state index in [4.69, 9.17) is 0 Å². The van der Waals surface area contributed by atoms with Crippen LogP contribution in [0.2, 0.25) is 0 Å². The fourth-order valence-electron chi connectivity index (χ4n) is 2.20. The van der Waals surface area contributed by atoms with Gasteiger partial charge >= 0.3 is 0 Å². The third kappa shape index (κ3) is 2.79. The molecule has 0 spiro atoms. The summed E-state index contributed by atoms with van der Waals surface area (Å²) < 4.78 is 0. The number of amides is 1. The zero-order valence-electron chi connectivity index (χ0n) is 9.89. The first-order valence-corrected chi connectivity index (χ1v) is 5.91. The maximum absolute atomic E-state index is 11.9. The topological polar surface area (TPSA) is 75.1 Å². The second-order valence-electron chi connectivity index (χ2n) is 4.50. The van der Waals surface area contributed by atoms with Crippen LogP contribution in [-0.4, -0.2) is 33.6 Å². The van der Waals surface area contributed by atoms with Gasteiger partial charge in [-0.25, -0.2) is 4.98 Å². The van der Waals surface area contributed by atoms with E-state index in [0.717, 1.165) is 25.0 Å². The largest absolute Gasteiger partial charge is 0.396 e. The lowest BCUT2D eigenvalue weighted by molar-refractivity contribution is 0.0910. The predicted molar refractivity (Wildman–Crippen MR) is 62.5 cm³/mol. The molecule has 0 bridgehead atoms. The average Bonchev–Trinajstić information content (AvgIpc) is 2.77. The molecular formula is C12H17N3O2. The van der Waals surface area contributed by atoms with Gasteiger partial charge in [-0.3, -0.25) is 9.78 Å². The number of nitrogens with zero attached hydrogens (tertiary/aromatic N) is 2. The number of aliphatic hydroxyl groups excluding tert-OH is 1. The number of aromatic nitrogens is 2. The summed E-state index contributed by atoms with van der Waals surface area (Å²) in [5.74, 6) is -0.0276. The molecule has 5 nitrogen and oxygen atoms in total. The fourth-order valence-corrected chi connectivity index (χ4v) is 2.20. The van der Waals surface area contributed by atoms with Gasteiger partial charge in [0.2, 0.25) is 0 Å². The molecule has 1 amide bonds. The quantitative estimate of drug-likeness (QED) is 0.807. The molecule has 17 heavy (non-hydrogen) atoms. The molecule has 2 unspecified atom stereocenters. The zero-order chi connectivity index (χ0) is 12.3. The standard InChI is InChI=1S/C12H17N3O2/c1-8-5-14-11(6-13-8)12(17)15-10-4-2-3-9(10)7-16/h5-6,9-10,16H,2-4,7H2,1H3,(H,15,17). The van der Waals surface area contributed by atoms with E-state index >= 15 is 0 Å². The van der Waals surface area contributed by atoms with Gasteiger partial charge in [0.15, 0.2) is 0 Å². The van der Waals surface area contributed by atoms with Gasteiger partial charge in [-0.2, -0.15) is 0 Å². The van der Waals surface area contributed by atoms with Gasteiger partial charge in [0.05, 0.1) is 11.9 Å². The number of hydrogen-bond donors (Lipinski definition) is 2. The molecule has 2 atom stereocenters. The first-order valence-electron chi connectivity index (χ1n) is 5.91. The molecular weight excluding hydrogens is 218 g/mol. The lowest BCUT2D eigenvalue weighted by Gasteiger charge is -2.18. The first-order chi connectivity index (χ1) is 8.20. The van der Waals surface area contributed by atoms with E-state index in [-0.39, 0.29) is 24.5 Å². The van der Waals surface area contributed by atoms with Crippen LogP contribution in [0.1, 0.15) is 35.4 Å². The highest BCUT2D eigenvalue weighted by Gasteiger charge is 2.28. The highest BCUT2D eigenvalue weighted by Crippen LogP contribution is 2.25. The summed E-state index contributed by atoms with van der Waals surface area (Å²) in [5.41, 5.74) is 1.12. The molecule has 1 aromatic rings. The van der Waals surface area contributed by atoms with Crippen molar-refractivity contribution in [2.45, 2.75) is 32.2 Å². The summed E-state index contributed by atoms with van der Waals surface area (Å²) >= 11 is 0. The van der Waals surface area contributed by atoms with Crippen molar-refractivity contribution in [3.05, 3.63) is 23.8 Å². The van der Waals surface area contributed by atoms with E-state index in [0.29, 0.717) is 5.69 Å². The Kier molecular flexibility index (Phi) is 3.68. The van der Waals surface area contributed by atoms with E-state index in [1.165, 1.54) is 6.20 Å². The van der Waals surface area contributed by atoms with Crippen molar-refractivity contribution in [3.8, 4) is 0 Å². The van der Waals surface area contributed by atoms with Crippen molar-refractivity contribution in [1.29, 1.82) is 0 Å². The molecule has 92 valence electrons. The Labute approximate surface area is 100 Å². The van der Waals surface area contributed by atoms with Gasteiger partial charge in [0, 0.05) is 24.8 Å². The molecule has 1 aliphatic carbocycles. The minimum atomic E-state index is -0.206. The molecule has 1 fully saturated rings. The van der Waals surface area contributed by atoms with E-state index in [1.807, 2.05) is 6.92 Å². The summed E-state index contributed by atoms with van der Waals surface area (Å²) in [6.07, 6.45) is 6.01. The van der Waals surface area contributed by atoms with Gasteiger partial charge in [-0.05, 0) is 19.8 Å². The third-order valence-electron chi connectivity index (χ3n) is 3.22. The van der Waals surface area contributed by atoms with Gasteiger partial charge in [-0.15, -0.1) is 0 Å². The van der Waals surface area contributed by atoms with E-state index in [9.17, 15) is 9.90 Å². The van der Waals surface area contributed by atoms with Gasteiger partial charge in [0.1, 0.15) is 5.69 Å². The highest BCUT2D eigenvalue weighted by atomic mass is 16.3. The molecule has 1 heterocycles. The molecule has 5 heteroatoms. The number of carbonyl (C=O) groups excluding carboxylic acids is 1. The summed E-state index contributed by atoms with van der Waals surface area (Å²) in [6, 6.07) is 0.0654. The van der Waals surface area contributed by atoms with Gasteiger partial charge in [-0.1, -0.05) is 6.42 Å². The molecule has 0 saturated heterocycles. The number of aryl methyl sites for hydroxylation is 1. The highest BCUT2D eigenvalue weighted by molar-refractivity contribution is 5.92. The Morgan fingerprint density at radius 2 is 2.29 bits per heavy atom. The summed E-state index contributed by atoms with van der Waals surface area (Å²) in [5, 5.41) is 12.1. The van der Waals surface area contributed by atoms with Crippen LogP contribution in [0.25, 0.3) is 0 Å². The van der Waals surface area contributed by atoms with Crippen molar-refractivity contribution in [2.75, 3.05) is 6.61 Å². The zero-order valence-corrected chi connectivity index (χ0v) is 9.89. The molecule has 0 aliphatic heterocycles. The van der Waals surface area contributed by atoms with Gasteiger partial charge in [0.25, 0.3) is 5.91 Å². The van der Waals surface area contributed by atoms with Crippen LogP contribution in [0.15, 0.2) is 12.4 Å². The number of nitrogens with one attached hydrogen (secondary N) is 1. The lowest BCUT2D eigenvalue weighted by atomic mass is 10.1. The van der Waals surface area contributed by atoms with Crippen molar-refractivity contribution in [2.24, 2.45) is 5.92 Å². The SMILES string of the molecule is Cc1cnc(C(=O)NC2CCCC2CO)cn1. The second kappa shape index (κ2) is 5.23. The Balaban J connectivity index is 1.99. The van der Waals surface area contributed by atoms with Crippen LogP contribution in [0.5, 0.6) is 0 Å². The second-order valence-corrected chi connectivity index (χ2v) is 4.50. The smallest absolute Gasteiger partial charge is 0.271 e. The van der Waals surface area contributed by atoms with Crippen LogP contribution < -0.4 is 5.32 Å². The van der Waals surface area contributed by atoms with Crippen molar-refractivity contribution in [3.63, 3.8) is 0 Å². The average molecular weight is 235 g/mol.